The first-order valence-corrected chi connectivity index (χ1v) is 9.26. The fourth-order valence-corrected chi connectivity index (χ4v) is 2.78. The Bertz CT molecular complexity index is 892. The van der Waals surface area contributed by atoms with Gasteiger partial charge in [0.05, 0.1) is 6.54 Å². The summed E-state index contributed by atoms with van der Waals surface area (Å²) in [5.74, 6) is -0.0483. The van der Waals surface area contributed by atoms with Crippen LogP contribution in [0.25, 0.3) is 0 Å². The Balaban J connectivity index is 1.59. The molecule has 0 saturated carbocycles. The number of carbonyl (C=O) groups excluding carboxylic acids is 1. The summed E-state index contributed by atoms with van der Waals surface area (Å²) in [6.07, 6.45) is 1.38. The smallest absolute Gasteiger partial charge is 0.273 e. The van der Waals surface area contributed by atoms with Gasteiger partial charge in [-0.2, -0.15) is 0 Å². The molecular formula is C22H24FN3O2. The van der Waals surface area contributed by atoms with E-state index in [9.17, 15) is 9.18 Å². The van der Waals surface area contributed by atoms with Gasteiger partial charge >= 0.3 is 0 Å². The molecule has 0 bridgehead atoms. The summed E-state index contributed by atoms with van der Waals surface area (Å²) >= 11 is 0. The van der Waals surface area contributed by atoms with Crippen molar-refractivity contribution < 1.29 is 13.6 Å². The number of hydrogen-bond acceptors (Lipinski definition) is 4. The first-order valence-electron chi connectivity index (χ1n) is 9.26. The lowest BCUT2D eigenvalue weighted by atomic mass is 10.2. The third-order valence-corrected chi connectivity index (χ3v) is 4.45. The normalized spacial score (nSPS) is 11.2. The summed E-state index contributed by atoms with van der Waals surface area (Å²) < 4.78 is 18.6. The summed E-state index contributed by atoms with van der Waals surface area (Å²) in [6.45, 7) is 5.67. The Morgan fingerprint density at radius 2 is 1.79 bits per heavy atom. The predicted octanol–water partition coefficient (Wildman–Crippen LogP) is 4.15. The summed E-state index contributed by atoms with van der Waals surface area (Å²) in [5, 5.41) is 2.84. The topological polar surface area (TPSA) is 58.4 Å². The van der Waals surface area contributed by atoms with Gasteiger partial charge in [-0.25, -0.2) is 9.37 Å². The zero-order chi connectivity index (χ0) is 19.9. The van der Waals surface area contributed by atoms with Gasteiger partial charge < -0.3 is 9.73 Å². The van der Waals surface area contributed by atoms with Crippen molar-refractivity contribution in [3.63, 3.8) is 0 Å². The van der Waals surface area contributed by atoms with Crippen LogP contribution in [0.1, 0.15) is 41.4 Å². The maximum absolute atomic E-state index is 13.1. The first-order chi connectivity index (χ1) is 13.5. The second-order valence-corrected chi connectivity index (χ2v) is 6.92. The number of halogens is 1. The van der Waals surface area contributed by atoms with Crippen molar-refractivity contribution >= 4 is 5.91 Å². The molecule has 0 fully saturated rings. The molecule has 6 heteroatoms. The van der Waals surface area contributed by atoms with Crippen LogP contribution in [0.5, 0.6) is 0 Å². The maximum atomic E-state index is 13.1. The van der Waals surface area contributed by atoms with Gasteiger partial charge in [-0.15, -0.1) is 0 Å². The summed E-state index contributed by atoms with van der Waals surface area (Å²) in [4.78, 5) is 18.8. The number of nitrogens with zero attached hydrogens (tertiary/aromatic N) is 2. The Morgan fingerprint density at radius 1 is 1.07 bits per heavy atom. The molecule has 1 amide bonds. The molecule has 28 heavy (non-hydrogen) atoms. The van der Waals surface area contributed by atoms with Gasteiger partial charge in [0.2, 0.25) is 5.89 Å². The lowest BCUT2D eigenvalue weighted by molar-refractivity contribution is 0.0945. The molecule has 1 heterocycles. The van der Waals surface area contributed by atoms with Crippen LogP contribution >= 0.6 is 0 Å². The van der Waals surface area contributed by atoms with Crippen LogP contribution < -0.4 is 5.32 Å². The van der Waals surface area contributed by atoms with E-state index in [2.05, 4.69) is 29.0 Å². The van der Waals surface area contributed by atoms with Crippen molar-refractivity contribution in [2.45, 2.75) is 39.5 Å². The van der Waals surface area contributed by atoms with E-state index in [1.807, 2.05) is 30.3 Å². The number of hydrogen-bond donors (Lipinski definition) is 1. The highest BCUT2D eigenvalue weighted by Crippen LogP contribution is 2.14. The Hall–Kier alpha value is -2.99. The molecule has 1 N–H and O–H groups in total. The molecule has 0 aliphatic carbocycles. The van der Waals surface area contributed by atoms with Crippen LogP contribution in [0.2, 0.25) is 0 Å². The number of nitrogens with one attached hydrogen (secondary N) is 1. The van der Waals surface area contributed by atoms with Crippen LogP contribution in [-0.4, -0.2) is 21.8 Å². The van der Waals surface area contributed by atoms with E-state index in [-0.39, 0.29) is 23.5 Å². The minimum absolute atomic E-state index is 0.229. The quantitative estimate of drug-likeness (QED) is 0.637. The third kappa shape index (κ3) is 5.50. The van der Waals surface area contributed by atoms with Gasteiger partial charge in [-0.05, 0) is 37.1 Å². The van der Waals surface area contributed by atoms with E-state index in [0.29, 0.717) is 25.5 Å². The molecular weight excluding hydrogens is 357 g/mol. The second kappa shape index (κ2) is 9.28. The molecule has 0 saturated heterocycles. The highest BCUT2D eigenvalue weighted by molar-refractivity contribution is 5.91. The molecule has 0 spiro atoms. The zero-order valence-corrected chi connectivity index (χ0v) is 16.1. The SMILES string of the molecule is CC(C)N(Cc1ccc(F)cc1)Cc1nc(C(=O)NCc2ccccc2)co1. The zero-order valence-electron chi connectivity index (χ0n) is 16.1. The lowest BCUT2D eigenvalue weighted by Gasteiger charge is -2.25. The average Bonchev–Trinajstić information content (AvgIpc) is 3.17. The third-order valence-electron chi connectivity index (χ3n) is 4.45. The number of benzene rings is 2. The molecule has 0 aliphatic heterocycles. The largest absolute Gasteiger partial charge is 0.447 e. The maximum Gasteiger partial charge on any atom is 0.273 e. The minimum Gasteiger partial charge on any atom is -0.447 e. The molecule has 0 radical (unpaired) electrons. The summed E-state index contributed by atoms with van der Waals surface area (Å²) in [6, 6.07) is 16.4. The molecule has 0 aliphatic rings. The van der Waals surface area contributed by atoms with E-state index in [0.717, 1.165) is 11.1 Å². The Labute approximate surface area is 164 Å². The minimum atomic E-state index is -0.270. The van der Waals surface area contributed by atoms with Crippen LogP contribution in [0, 0.1) is 5.82 Å². The van der Waals surface area contributed by atoms with Crippen molar-refractivity contribution in [2.24, 2.45) is 0 Å². The molecule has 0 unspecified atom stereocenters. The molecule has 3 rings (SSSR count). The van der Waals surface area contributed by atoms with E-state index >= 15 is 0 Å². The van der Waals surface area contributed by atoms with Crippen molar-refractivity contribution in [1.29, 1.82) is 0 Å². The van der Waals surface area contributed by atoms with Gasteiger partial charge in [0.25, 0.3) is 5.91 Å². The fraction of sp³-hybridized carbons (Fsp3) is 0.273. The van der Waals surface area contributed by atoms with E-state index in [4.69, 9.17) is 4.42 Å². The molecule has 3 aromatic rings. The predicted molar refractivity (Wildman–Crippen MR) is 105 cm³/mol. The number of carbonyl (C=O) groups is 1. The van der Waals surface area contributed by atoms with Gasteiger partial charge in [0.15, 0.2) is 5.69 Å². The highest BCUT2D eigenvalue weighted by Gasteiger charge is 2.17. The fourth-order valence-electron chi connectivity index (χ4n) is 2.78. The highest BCUT2D eigenvalue weighted by atomic mass is 19.1. The number of rotatable bonds is 8. The second-order valence-electron chi connectivity index (χ2n) is 6.92. The van der Waals surface area contributed by atoms with E-state index < -0.39 is 0 Å². The molecule has 0 atom stereocenters. The van der Waals surface area contributed by atoms with Gasteiger partial charge in [-0.1, -0.05) is 42.5 Å². The van der Waals surface area contributed by atoms with Crippen molar-refractivity contribution in [1.82, 2.24) is 15.2 Å². The number of amides is 1. The first kappa shape index (κ1) is 19.8. The Kier molecular flexibility index (Phi) is 6.55. The van der Waals surface area contributed by atoms with Crippen LogP contribution in [0.3, 0.4) is 0 Å². The Morgan fingerprint density at radius 3 is 2.46 bits per heavy atom. The van der Waals surface area contributed by atoms with Gasteiger partial charge in [0.1, 0.15) is 12.1 Å². The van der Waals surface area contributed by atoms with Crippen molar-refractivity contribution in [3.05, 3.63) is 89.4 Å². The molecule has 5 nitrogen and oxygen atoms in total. The lowest BCUT2D eigenvalue weighted by Crippen LogP contribution is -2.30. The molecule has 1 aromatic heterocycles. The summed E-state index contributed by atoms with van der Waals surface area (Å²) in [5.41, 5.74) is 2.28. The van der Waals surface area contributed by atoms with Crippen LogP contribution in [-0.2, 0) is 19.6 Å². The van der Waals surface area contributed by atoms with E-state index in [1.165, 1.54) is 18.4 Å². The van der Waals surface area contributed by atoms with E-state index in [1.54, 1.807) is 12.1 Å². The van der Waals surface area contributed by atoms with Crippen LogP contribution in [0.4, 0.5) is 4.39 Å². The molecule has 146 valence electrons. The van der Waals surface area contributed by atoms with Crippen molar-refractivity contribution in [2.75, 3.05) is 0 Å². The monoisotopic (exact) mass is 381 g/mol. The molecule has 2 aromatic carbocycles. The standard InChI is InChI=1S/C22H24FN3O2/c1-16(2)26(13-18-8-10-19(23)11-9-18)14-21-25-20(15-28-21)22(27)24-12-17-6-4-3-5-7-17/h3-11,15-16H,12-14H2,1-2H3,(H,24,27). The van der Waals surface area contributed by atoms with Crippen LogP contribution in [0.15, 0.2) is 65.3 Å². The summed E-state index contributed by atoms with van der Waals surface area (Å²) in [7, 11) is 0. The van der Waals surface area contributed by atoms with Gasteiger partial charge in [-0.3, -0.25) is 9.69 Å². The number of oxazole rings is 1. The average molecular weight is 381 g/mol. The number of aromatic nitrogens is 1. The van der Waals surface area contributed by atoms with Gasteiger partial charge in [0, 0.05) is 19.1 Å². The van der Waals surface area contributed by atoms with Crippen molar-refractivity contribution in [3.8, 4) is 0 Å².